The summed E-state index contributed by atoms with van der Waals surface area (Å²) in [7, 11) is 0. The van der Waals surface area contributed by atoms with Crippen molar-refractivity contribution in [1.82, 2.24) is 0 Å². The van der Waals surface area contributed by atoms with Gasteiger partial charge in [-0.2, -0.15) is 0 Å². The topological polar surface area (TPSA) is 69.9 Å². The van der Waals surface area contributed by atoms with Gasteiger partial charge in [-0.25, -0.2) is 0 Å². The van der Waals surface area contributed by atoms with Gasteiger partial charge >= 0.3 is 5.97 Å². The molecule has 4 nitrogen and oxygen atoms in total. The first-order chi connectivity index (χ1) is 6.20. The fraction of sp³-hybridized carbons (Fsp3) is 0.111. The summed E-state index contributed by atoms with van der Waals surface area (Å²) in [5, 5.41) is 17.5. The van der Waals surface area contributed by atoms with Crippen LogP contribution in [0.4, 0.5) is 0 Å². The Morgan fingerprint density at radius 3 is 2.64 bits per heavy atom. The third-order valence-electron chi connectivity index (χ3n) is 1.39. The van der Waals surface area contributed by atoms with Crippen LogP contribution >= 0.6 is 0 Å². The number of hydrogen-bond acceptors (Lipinski definition) is 3. The second-order valence-electron chi connectivity index (χ2n) is 2.42. The van der Waals surface area contributed by atoms with Gasteiger partial charge in [-0.15, -0.1) is 0 Å². The molecule has 0 fully saturated rings. The number of aliphatic imine (C=N–C) groups is 1. The normalized spacial score (nSPS) is 9.71. The Kier molecular flexibility index (Phi) is 5.72. The van der Waals surface area contributed by atoms with E-state index in [0.29, 0.717) is 5.56 Å². The van der Waals surface area contributed by atoms with Gasteiger partial charge in [0, 0.05) is 31.3 Å². The molecule has 1 aromatic rings. The number of carbonyl (C=O) groups is 1. The van der Waals surface area contributed by atoms with Crippen molar-refractivity contribution < 1.29 is 34.5 Å². The maximum Gasteiger partial charge on any atom is 0.325 e. The third kappa shape index (κ3) is 4.14. The molecule has 0 aliphatic carbocycles. The number of rotatable bonds is 3. The van der Waals surface area contributed by atoms with E-state index in [2.05, 4.69) is 4.99 Å². The van der Waals surface area contributed by atoms with E-state index in [4.69, 9.17) is 5.11 Å². The smallest absolute Gasteiger partial charge is 0.325 e. The Morgan fingerprint density at radius 2 is 2.07 bits per heavy atom. The van der Waals surface area contributed by atoms with E-state index in [-0.39, 0.29) is 31.8 Å². The van der Waals surface area contributed by atoms with Crippen molar-refractivity contribution in [3.05, 3.63) is 29.8 Å². The van der Waals surface area contributed by atoms with E-state index in [1.165, 1.54) is 12.3 Å². The minimum atomic E-state index is -0.994. The van der Waals surface area contributed by atoms with Gasteiger partial charge in [0.1, 0.15) is 12.3 Å². The van der Waals surface area contributed by atoms with Crippen molar-refractivity contribution in [3.8, 4) is 5.75 Å². The van der Waals surface area contributed by atoms with Crippen LogP contribution in [0.3, 0.4) is 0 Å². The average Bonchev–Trinajstić information content (AvgIpc) is 2.08. The second-order valence-corrected chi connectivity index (χ2v) is 2.42. The van der Waals surface area contributed by atoms with Crippen molar-refractivity contribution in [2.75, 3.05) is 6.54 Å². The van der Waals surface area contributed by atoms with Crippen molar-refractivity contribution >= 4 is 12.2 Å². The number of carboxylic acids is 1. The second kappa shape index (κ2) is 6.27. The van der Waals surface area contributed by atoms with Crippen molar-refractivity contribution in [2.24, 2.45) is 4.99 Å². The quantitative estimate of drug-likeness (QED) is 0.613. The first-order valence-corrected chi connectivity index (χ1v) is 3.70. The molecule has 0 aliphatic rings. The molecular weight excluding hydrogens is 235 g/mol. The van der Waals surface area contributed by atoms with Gasteiger partial charge in [0.25, 0.3) is 0 Å². The average molecular weight is 245 g/mol. The summed E-state index contributed by atoms with van der Waals surface area (Å²) in [5.41, 5.74) is 0.517. The fourth-order valence-corrected chi connectivity index (χ4v) is 0.819. The largest absolute Gasteiger partial charge is 0.507 e. The molecular formula is C9H9NO3Zn. The number of nitrogens with zero attached hydrogens (tertiary/aromatic N) is 1. The molecule has 2 N–H and O–H groups in total. The van der Waals surface area contributed by atoms with Crippen molar-refractivity contribution in [2.45, 2.75) is 0 Å². The zero-order chi connectivity index (χ0) is 9.68. The molecule has 0 heterocycles. The Bertz CT molecular complexity index is 339. The SMILES string of the molecule is O=C(O)CN=Cc1ccccc1O.[Zn]. The molecule has 0 radical (unpaired) electrons. The molecule has 0 bridgehead atoms. The zero-order valence-electron chi connectivity index (χ0n) is 7.55. The molecule has 0 saturated heterocycles. The third-order valence-corrected chi connectivity index (χ3v) is 1.39. The molecule has 0 saturated carbocycles. The van der Waals surface area contributed by atoms with Gasteiger partial charge in [0.15, 0.2) is 0 Å². The maximum atomic E-state index is 10.1. The molecule has 0 aromatic heterocycles. The minimum Gasteiger partial charge on any atom is -0.507 e. The van der Waals surface area contributed by atoms with Gasteiger partial charge in [-0.1, -0.05) is 12.1 Å². The van der Waals surface area contributed by atoms with Crippen LogP contribution in [0.2, 0.25) is 0 Å². The van der Waals surface area contributed by atoms with Crippen LogP contribution in [0.1, 0.15) is 5.56 Å². The van der Waals surface area contributed by atoms with Crippen LogP contribution in [-0.2, 0) is 24.3 Å². The Labute approximate surface area is 94.1 Å². The number of para-hydroxylation sites is 1. The fourth-order valence-electron chi connectivity index (χ4n) is 0.819. The summed E-state index contributed by atoms with van der Waals surface area (Å²) in [6.07, 6.45) is 1.34. The van der Waals surface area contributed by atoms with Crippen LogP contribution in [0.25, 0.3) is 0 Å². The molecule has 0 atom stereocenters. The van der Waals surface area contributed by atoms with Gasteiger partial charge < -0.3 is 10.2 Å². The number of carboxylic acid groups (broad SMARTS) is 1. The Hall–Kier alpha value is -1.22. The molecule has 0 unspecified atom stereocenters. The van der Waals surface area contributed by atoms with Crippen molar-refractivity contribution in [3.63, 3.8) is 0 Å². The van der Waals surface area contributed by atoms with Crippen LogP contribution in [-0.4, -0.2) is 28.9 Å². The summed E-state index contributed by atoms with van der Waals surface area (Å²) in [5.74, 6) is -0.900. The molecule has 5 heteroatoms. The Balaban J connectivity index is 0.00000169. The number of aromatic hydroxyl groups is 1. The Morgan fingerprint density at radius 1 is 1.43 bits per heavy atom. The van der Waals surface area contributed by atoms with Crippen LogP contribution < -0.4 is 0 Å². The predicted molar refractivity (Wildman–Crippen MR) is 48.2 cm³/mol. The molecule has 0 amide bonds. The van der Waals surface area contributed by atoms with Gasteiger partial charge in [0.05, 0.1) is 0 Å². The standard InChI is InChI=1S/C9H9NO3.Zn/c11-8-4-2-1-3-7(8)5-10-6-9(12)13;/h1-5,11H,6H2,(H,12,13);. The van der Waals surface area contributed by atoms with E-state index < -0.39 is 5.97 Å². The maximum absolute atomic E-state index is 10.1. The number of hydrogen-bond donors (Lipinski definition) is 2. The van der Waals surface area contributed by atoms with E-state index in [0.717, 1.165) is 0 Å². The summed E-state index contributed by atoms with van der Waals surface area (Å²) in [4.78, 5) is 13.7. The molecule has 1 rings (SSSR count). The van der Waals surface area contributed by atoms with E-state index in [1.807, 2.05) is 0 Å². The van der Waals surface area contributed by atoms with Gasteiger partial charge in [0.2, 0.25) is 0 Å². The molecule has 70 valence electrons. The zero-order valence-corrected chi connectivity index (χ0v) is 10.5. The summed E-state index contributed by atoms with van der Waals surface area (Å²) in [6, 6.07) is 6.59. The van der Waals surface area contributed by atoms with E-state index in [9.17, 15) is 9.90 Å². The van der Waals surface area contributed by atoms with Gasteiger partial charge in [-0.05, 0) is 12.1 Å². The molecule has 14 heavy (non-hydrogen) atoms. The van der Waals surface area contributed by atoms with Crippen LogP contribution in [0.5, 0.6) is 5.75 Å². The number of phenols is 1. The van der Waals surface area contributed by atoms with Crippen molar-refractivity contribution in [1.29, 1.82) is 0 Å². The van der Waals surface area contributed by atoms with Crippen LogP contribution in [0, 0.1) is 0 Å². The number of aliphatic carboxylic acids is 1. The van der Waals surface area contributed by atoms with Gasteiger partial charge in [-0.3, -0.25) is 9.79 Å². The monoisotopic (exact) mass is 243 g/mol. The summed E-state index contributed by atoms with van der Waals surface area (Å²) < 4.78 is 0. The molecule has 0 aliphatic heterocycles. The number of benzene rings is 1. The van der Waals surface area contributed by atoms with E-state index in [1.54, 1.807) is 18.2 Å². The summed E-state index contributed by atoms with van der Waals surface area (Å²) in [6.45, 7) is -0.283. The molecule has 0 spiro atoms. The number of phenolic OH excluding ortho intramolecular Hbond substituents is 1. The minimum absolute atomic E-state index is 0. The first kappa shape index (κ1) is 12.8. The van der Waals surface area contributed by atoms with Crippen LogP contribution in [0.15, 0.2) is 29.3 Å². The first-order valence-electron chi connectivity index (χ1n) is 3.70. The molecule has 1 aromatic carbocycles. The van der Waals surface area contributed by atoms with E-state index >= 15 is 0 Å². The summed E-state index contributed by atoms with van der Waals surface area (Å²) >= 11 is 0. The predicted octanol–water partition coefficient (Wildman–Crippen LogP) is 0.893.